The number of hydrogen-bond donors (Lipinski definition) is 1. The van der Waals surface area contributed by atoms with Crippen LogP contribution in [0.4, 0.5) is 27.6 Å². The van der Waals surface area contributed by atoms with Gasteiger partial charge in [0.15, 0.2) is 0 Å². The highest BCUT2D eigenvalue weighted by Gasteiger charge is 2.36. The number of alkyl halides is 3. The van der Waals surface area contributed by atoms with Crippen molar-refractivity contribution in [2.45, 2.75) is 22.9 Å². The van der Waals surface area contributed by atoms with Gasteiger partial charge in [-0.2, -0.15) is 13.2 Å². The molecule has 188 valence electrons. The Balaban J connectivity index is 1.63. The van der Waals surface area contributed by atoms with E-state index in [1.54, 1.807) is 0 Å². The van der Waals surface area contributed by atoms with E-state index in [9.17, 15) is 30.4 Å². The van der Waals surface area contributed by atoms with Gasteiger partial charge in [-0.1, -0.05) is 11.6 Å². The molecule has 1 saturated heterocycles. The van der Waals surface area contributed by atoms with Crippen LogP contribution in [0, 0.1) is 11.6 Å². The summed E-state index contributed by atoms with van der Waals surface area (Å²) in [7, 11) is -2.49. The Morgan fingerprint density at radius 3 is 2.49 bits per heavy atom. The molecule has 0 amide bonds. The van der Waals surface area contributed by atoms with Crippen LogP contribution < -0.4 is 9.46 Å². The van der Waals surface area contributed by atoms with Gasteiger partial charge in [-0.15, -0.1) is 11.3 Å². The molecular formula is C22H18ClF5N2O3S2. The van der Waals surface area contributed by atoms with Crippen molar-refractivity contribution in [3.8, 4) is 16.9 Å². The Labute approximate surface area is 207 Å². The summed E-state index contributed by atoms with van der Waals surface area (Å²) in [6, 6.07) is 6.58. The zero-order valence-corrected chi connectivity index (χ0v) is 20.4. The monoisotopic (exact) mass is 552 g/mol. The van der Waals surface area contributed by atoms with Gasteiger partial charge in [0, 0.05) is 36.3 Å². The van der Waals surface area contributed by atoms with Gasteiger partial charge in [-0.3, -0.25) is 4.72 Å². The zero-order valence-electron chi connectivity index (χ0n) is 18.0. The van der Waals surface area contributed by atoms with E-state index in [0.29, 0.717) is 36.9 Å². The van der Waals surface area contributed by atoms with Crippen LogP contribution in [0.2, 0.25) is 4.34 Å². The average molecular weight is 553 g/mol. The van der Waals surface area contributed by atoms with Crippen molar-refractivity contribution in [2.75, 3.05) is 24.9 Å². The Morgan fingerprint density at radius 1 is 1.11 bits per heavy atom. The molecule has 1 unspecified atom stereocenters. The lowest BCUT2D eigenvalue weighted by Gasteiger charge is -2.19. The molecule has 1 atom stereocenters. The number of rotatable bonds is 6. The molecule has 3 aromatic rings. The third-order valence-corrected chi connectivity index (χ3v) is 8.54. The van der Waals surface area contributed by atoms with Crippen molar-refractivity contribution in [3.05, 3.63) is 64.0 Å². The van der Waals surface area contributed by atoms with Gasteiger partial charge < -0.3 is 9.64 Å². The standard InChI is InChI=1S/C22H18ClF5N2O3S2/c1-30-7-6-14(11-30)33-19-9-13(3-5-17(19)22(26,27)28)29-35(31,32)20-10-16(21(23)34-20)15-4-2-12(24)8-18(15)25/h2-5,8-10,14,29H,6-7,11H2,1H3. The molecule has 2 heterocycles. The Kier molecular flexibility index (Phi) is 7.02. The van der Waals surface area contributed by atoms with Gasteiger partial charge in [0.05, 0.1) is 11.3 Å². The molecular weight excluding hydrogens is 535 g/mol. The molecule has 2 aromatic carbocycles. The Hall–Kier alpha value is -2.41. The molecule has 0 bridgehead atoms. The highest BCUT2D eigenvalue weighted by molar-refractivity contribution is 7.94. The summed E-state index contributed by atoms with van der Waals surface area (Å²) in [5.41, 5.74) is -1.24. The number of hydrogen-bond acceptors (Lipinski definition) is 5. The van der Waals surface area contributed by atoms with Gasteiger partial charge in [-0.05, 0) is 43.8 Å². The van der Waals surface area contributed by atoms with E-state index < -0.39 is 45.3 Å². The van der Waals surface area contributed by atoms with Gasteiger partial charge in [0.2, 0.25) is 0 Å². The van der Waals surface area contributed by atoms with Crippen molar-refractivity contribution < 1.29 is 35.1 Å². The van der Waals surface area contributed by atoms with Crippen LogP contribution >= 0.6 is 22.9 Å². The molecule has 1 aliphatic heterocycles. The number of likely N-dealkylation sites (N-methyl/N-ethyl adjacent to an activating group) is 1. The first-order chi connectivity index (χ1) is 16.3. The molecule has 0 radical (unpaired) electrons. The number of halogens is 6. The Bertz CT molecular complexity index is 1360. The van der Waals surface area contributed by atoms with Gasteiger partial charge in [0.25, 0.3) is 10.0 Å². The average Bonchev–Trinajstić information content (AvgIpc) is 3.33. The second kappa shape index (κ2) is 9.57. The molecule has 13 heteroatoms. The maximum Gasteiger partial charge on any atom is 0.419 e. The second-order valence-electron chi connectivity index (χ2n) is 7.98. The summed E-state index contributed by atoms with van der Waals surface area (Å²) in [6.45, 7) is 1.10. The van der Waals surface area contributed by atoms with Crippen molar-refractivity contribution in [1.29, 1.82) is 0 Å². The van der Waals surface area contributed by atoms with Crippen LogP contribution in [0.1, 0.15) is 12.0 Å². The van der Waals surface area contributed by atoms with Crippen LogP contribution in [0.15, 0.2) is 46.7 Å². The first-order valence-corrected chi connectivity index (χ1v) is 12.9. The highest BCUT2D eigenvalue weighted by Crippen LogP contribution is 2.41. The molecule has 35 heavy (non-hydrogen) atoms. The van der Waals surface area contributed by atoms with Crippen LogP contribution in [-0.4, -0.2) is 39.6 Å². The first-order valence-electron chi connectivity index (χ1n) is 10.2. The smallest absolute Gasteiger partial charge is 0.419 e. The largest absolute Gasteiger partial charge is 0.488 e. The van der Waals surface area contributed by atoms with Gasteiger partial charge in [-0.25, -0.2) is 17.2 Å². The fraction of sp³-hybridized carbons (Fsp3) is 0.273. The van der Waals surface area contributed by atoms with Crippen LogP contribution in [-0.2, 0) is 16.2 Å². The minimum Gasteiger partial charge on any atom is -0.488 e. The number of likely N-dealkylation sites (tertiary alicyclic amines) is 1. The van der Waals surface area contributed by atoms with Gasteiger partial charge >= 0.3 is 6.18 Å². The lowest BCUT2D eigenvalue weighted by Crippen LogP contribution is -2.23. The number of ether oxygens (including phenoxy) is 1. The molecule has 0 aliphatic carbocycles. The van der Waals surface area contributed by atoms with Crippen LogP contribution in [0.25, 0.3) is 11.1 Å². The van der Waals surface area contributed by atoms with E-state index in [2.05, 4.69) is 4.72 Å². The maximum atomic E-state index is 14.2. The summed E-state index contributed by atoms with van der Waals surface area (Å²) in [5, 5.41) is 0. The van der Waals surface area contributed by atoms with Crippen molar-refractivity contribution in [2.24, 2.45) is 0 Å². The molecule has 1 aromatic heterocycles. The third-order valence-electron chi connectivity index (χ3n) is 5.33. The fourth-order valence-electron chi connectivity index (χ4n) is 3.66. The molecule has 4 rings (SSSR count). The first kappa shape index (κ1) is 25.7. The normalized spacial score (nSPS) is 17.1. The molecule has 1 fully saturated rings. The quantitative estimate of drug-likeness (QED) is 0.367. The van der Waals surface area contributed by atoms with E-state index in [0.717, 1.165) is 36.4 Å². The molecule has 5 nitrogen and oxygen atoms in total. The number of thiophene rings is 1. The molecule has 0 spiro atoms. The molecule has 1 aliphatic rings. The predicted octanol–water partition coefficient (Wildman–Crippen LogP) is 6.25. The summed E-state index contributed by atoms with van der Waals surface area (Å²) in [4.78, 5) is 1.91. The number of sulfonamides is 1. The number of nitrogens with one attached hydrogen (secondary N) is 1. The van der Waals surface area contributed by atoms with Crippen LogP contribution in [0.5, 0.6) is 5.75 Å². The summed E-state index contributed by atoms with van der Waals surface area (Å²) >= 11 is 6.74. The van der Waals surface area contributed by atoms with E-state index in [4.69, 9.17) is 16.3 Å². The lowest BCUT2D eigenvalue weighted by atomic mass is 10.1. The SMILES string of the molecule is CN1CCC(Oc2cc(NS(=O)(=O)c3cc(-c4ccc(F)cc4F)c(Cl)s3)ccc2C(F)(F)F)C1. The number of benzene rings is 2. The summed E-state index contributed by atoms with van der Waals surface area (Å²) in [5.74, 6) is -2.23. The van der Waals surface area contributed by atoms with Crippen molar-refractivity contribution >= 4 is 38.6 Å². The number of anilines is 1. The minimum atomic E-state index is -4.70. The lowest BCUT2D eigenvalue weighted by molar-refractivity contribution is -0.139. The number of nitrogens with zero attached hydrogens (tertiary/aromatic N) is 1. The third kappa shape index (κ3) is 5.71. The fourth-order valence-corrected chi connectivity index (χ4v) is 6.46. The molecule has 0 saturated carbocycles. The van der Waals surface area contributed by atoms with E-state index in [1.807, 2.05) is 11.9 Å². The van der Waals surface area contributed by atoms with E-state index in [1.165, 1.54) is 0 Å². The van der Waals surface area contributed by atoms with Gasteiger partial charge in [0.1, 0.15) is 32.0 Å². The summed E-state index contributed by atoms with van der Waals surface area (Å²) in [6.07, 6.45) is -4.65. The topological polar surface area (TPSA) is 58.6 Å². The Morgan fingerprint density at radius 2 is 1.86 bits per heavy atom. The second-order valence-corrected chi connectivity index (χ2v) is 11.5. The predicted molar refractivity (Wildman–Crippen MR) is 123 cm³/mol. The molecule has 1 N–H and O–H groups in total. The van der Waals surface area contributed by atoms with E-state index in [-0.39, 0.29) is 25.4 Å². The van der Waals surface area contributed by atoms with Crippen molar-refractivity contribution in [3.63, 3.8) is 0 Å². The maximum absolute atomic E-state index is 14.2. The minimum absolute atomic E-state index is 0.0383. The summed E-state index contributed by atoms with van der Waals surface area (Å²) < 4.78 is 101. The highest BCUT2D eigenvalue weighted by atomic mass is 35.5. The van der Waals surface area contributed by atoms with Crippen LogP contribution in [0.3, 0.4) is 0 Å². The zero-order chi connectivity index (χ0) is 25.5. The van der Waals surface area contributed by atoms with Crippen molar-refractivity contribution in [1.82, 2.24) is 4.90 Å². The van der Waals surface area contributed by atoms with E-state index >= 15 is 0 Å².